The van der Waals surface area contributed by atoms with Crippen LogP contribution in [0.4, 0.5) is 0 Å². The Bertz CT molecular complexity index is 603. The third kappa shape index (κ3) is 2.79. The molecular formula is C14H15ClN2O2. The second-order valence-electron chi connectivity index (χ2n) is 4.33. The van der Waals surface area contributed by atoms with Gasteiger partial charge in [0.15, 0.2) is 0 Å². The molecular weight excluding hydrogens is 264 g/mol. The summed E-state index contributed by atoms with van der Waals surface area (Å²) in [6, 6.07) is 7.26. The van der Waals surface area contributed by atoms with Gasteiger partial charge in [0.2, 0.25) is 0 Å². The molecule has 0 bridgehead atoms. The number of carbonyl (C=O) groups excluding carboxylic acids is 1. The topological polar surface area (TPSA) is 44.1 Å². The highest BCUT2D eigenvalue weighted by Crippen LogP contribution is 2.20. The molecule has 0 aliphatic heterocycles. The van der Waals surface area contributed by atoms with Crippen LogP contribution >= 0.6 is 11.6 Å². The molecule has 2 rings (SSSR count). The van der Waals surface area contributed by atoms with Gasteiger partial charge in [-0.2, -0.15) is 5.10 Å². The number of aryl methyl sites for hydroxylation is 1. The fraction of sp³-hybridized carbons (Fsp3) is 0.286. The largest absolute Gasteiger partial charge is 0.465 e. The Morgan fingerprint density at radius 2 is 1.95 bits per heavy atom. The van der Waals surface area contributed by atoms with Gasteiger partial charge in [0.1, 0.15) is 0 Å². The van der Waals surface area contributed by atoms with Crippen molar-refractivity contribution in [3.8, 4) is 0 Å². The van der Waals surface area contributed by atoms with Gasteiger partial charge >= 0.3 is 5.97 Å². The molecule has 100 valence electrons. The van der Waals surface area contributed by atoms with E-state index in [1.807, 2.05) is 30.7 Å². The summed E-state index contributed by atoms with van der Waals surface area (Å²) in [5.41, 5.74) is 3.36. The van der Waals surface area contributed by atoms with E-state index < -0.39 is 0 Å². The Labute approximate surface area is 116 Å². The van der Waals surface area contributed by atoms with Crippen LogP contribution in [0.5, 0.6) is 0 Å². The van der Waals surface area contributed by atoms with E-state index in [0.717, 1.165) is 17.0 Å². The highest BCUT2D eigenvalue weighted by Gasteiger charge is 2.10. The molecule has 5 heteroatoms. The molecule has 1 aromatic carbocycles. The summed E-state index contributed by atoms with van der Waals surface area (Å²) in [5, 5.41) is 5.07. The number of ether oxygens (including phenoxy) is 1. The third-order valence-electron chi connectivity index (χ3n) is 3.00. The summed E-state index contributed by atoms with van der Waals surface area (Å²) in [5.74, 6) is -0.333. The van der Waals surface area contributed by atoms with Crippen molar-refractivity contribution in [1.29, 1.82) is 0 Å². The van der Waals surface area contributed by atoms with E-state index in [1.54, 1.807) is 12.1 Å². The maximum absolute atomic E-state index is 11.3. The van der Waals surface area contributed by atoms with Gasteiger partial charge in [0.05, 0.1) is 35.6 Å². The summed E-state index contributed by atoms with van der Waals surface area (Å²) >= 11 is 6.11. The molecule has 0 atom stereocenters. The molecule has 2 aromatic rings. The third-order valence-corrected chi connectivity index (χ3v) is 3.55. The van der Waals surface area contributed by atoms with Crippen molar-refractivity contribution >= 4 is 17.6 Å². The van der Waals surface area contributed by atoms with Crippen molar-refractivity contribution in [2.45, 2.75) is 20.4 Å². The van der Waals surface area contributed by atoms with Crippen LogP contribution in [0.3, 0.4) is 0 Å². The van der Waals surface area contributed by atoms with Crippen LogP contribution in [0.1, 0.15) is 27.3 Å². The predicted molar refractivity (Wildman–Crippen MR) is 73.6 cm³/mol. The molecule has 1 heterocycles. The minimum atomic E-state index is -0.333. The van der Waals surface area contributed by atoms with Gasteiger partial charge in [-0.05, 0) is 31.5 Å². The number of hydrogen-bond acceptors (Lipinski definition) is 3. The number of esters is 1. The first kappa shape index (κ1) is 13.6. The molecule has 0 saturated heterocycles. The monoisotopic (exact) mass is 278 g/mol. The minimum Gasteiger partial charge on any atom is -0.465 e. The van der Waals surface area contributed by atoms with Crippen LogP contribution in [0.15, 0.2) is 24.3 Å². The number of carbonyl (C=O) groups is 1. The van der Waals surface area contributed by atoms with E-state index in [2.05, 4.69) is 9.84 Å². The smallest absolute Gasteiger partial charge is 0.337 e. The van der Waals surface area contributed by atoms with Crippen molar-refractivity contribution in [2.24, 2.45) is 0 Å². The van der Waals surface area contributed by atoms with Crippen LogP contribution in [-0.2, 0) is 11.3 Å². The summed E-state index contributed by atoms with van der Waals surface area (Å²) in [6.45, 7) is 4.44. The van der Waals surface area contributed by atoms with Crippen molar-refractivity contribution in [3.63, 3.8) is 0 Å². The minimum absolute atomic E-state index is 0.333. The first-order valence-electron chi connectivity index (χ1n) is 5.89. The van der Waals surface area contributed by atoms with Gasteiger partial charge < -0.3 is 4.74 Å². The Hall–Kier alpha value is -1.81. The number of methoxy groups -OCH3 is 1. The van der Waals surface area contributed by atoms with Crippen LogP contribution in [0.2, 0.25) is 5.02 Å². The summed E-state index contributed by atoms with van der Waals surface area (Å²) in [7, 11) is 1.37. The molecule has 19 heavy (non-hydrogen) atoms. The Morgan fingerprint density at radius 1 is 1.32 bits per heavy atom. The van der Waals surface area contributed by atoms with Gasteiger partial charge in [-0.25, -0.2) is 4.79 Å². The Balaban J connectivity index is 2.20. The first-order chi connectivity index (χ1) is 9.02. The number of hydrogen-bond donors (Lipinski definition) is 0. The SMILES string of the molecule is COC(=O)c1ccc(Cn2nc(C)c(Cl)c2C)cc1. The number of nitrogens with zero attached hydrogens (tertiary/aromatic N) is 2. The second kappa shape index (κ2) is 5.45. The van der Waals surface area contributed by atoms with Crippen LogP contribution in [0, 0.1) is 13.8 Å². The summed E-state index contributed by atoms with van der Waals surface area (Å²) in [4.78, 5) is 11.3. The van der Waals surface area contributed by atoms with E-state index >= 15 is 0 Å². The van der Waals surface area contributed by atoms with Crippen LogP contribution in [0.25, 0.3) is 0 Å². The highest BCUT2D eigenvalue weighted by atomic mass is 35.5. The molecule has 0 spiro atoms. The van der Waals surface area contributed by atoms with Gasteiger partial charge in [-0.1, -0.05) is 23.7 Å². The molecule has 0 unspecified atom stereocenters. The molecule has 0 saturated carbocycles. The average molecular weight is 279 g/mol. The van der Waals surface area contributed by atoms with Crippen LogP contribution in [-0.4, -0.2) is 22.9 Å². The molecule has 0 radical (unpaired) electrons. The molecule has 0 N–H and O–H groups in total. The van der Waals surface area contributed by atoms with E-state index in [4.69, 9.17) is 11.6 Å². The lowest BCUT2D eigenvalue weighted by molar-refractivity contribution is 0.0600. The standard InChI is InChI=1S/C14H15ClN2O2/c1-9-13(15)10(2)17(16-9)8-11-4-6-12(7-5-11)14(18)19-3/h4-7H,8H2,1-3H3. The quantitative estimate of drug-likeness (QED) is 0.811. The number of aromatic nitrogens is 2. The average Bonchev–Trinajstić information content (AvgIpc) is 2.66. The zero-order valence-corrected chi connectivity index (χ0v) is 11.9. The maximum atomic E-state index is 11.3. The van der Waals surface area contributed by atoms with E-state index in [9.17, 15) is 4.79 Å². The van der Waals surface area contributed by atoms with Crippen molar-refractivity contribution in [1.82, 2.24) is 9.78 Å². The zero-order chi connectivity index (χ0) is 14.0. The van der Waals surface area contributed by atoms with E-state index in [0.29, 0.717) is 17.1 Å². The molecule has 0 amide bonds. The van der Waals surface area contributed by atoms with Crippen molar-refractivity contribution in [3.05, 3.63) is 51.8 Å². The molecule has 4 nitrogen and oxygen atoms in total. The lowest BCUT2D eigenvalue weighted by atomic mass is 10.1. The number of rotatable bonds is 3. The zero-order valence-electron chi connectivity index (χ0n) is 11.1. The Kier molecular flexibility index (Phi) is 3.90. The second-order valence-corrected chi connectivity index (χ2v) is 4.71. The van der Waals surface area contributed by atoms with E-state index in [-0.39, 0.29) is 5.97 Å². The first-order valence-corrected chi connectivity index (χ1v) is 6.27. The lowest BCUT2D eigenvalue weighted by Gasteiger charge is -2.05. The normalized spacial score (nSPS) is 10.5. The molecule has 0 aliphatic rings. The summed E-state index contributed by atoms with van der Waals surface area (Å²) in [6.07, 6.45) is 0. The van der Waals surface area contributed by atoms with E-state index in [1.165, 1.54) is 7.11 Å². The predicted octanol–water partition coefficient (Wildman–Crippen LogP) is 2.99. The molecule has 1 aromatic heterocycles. The van der Waals surface area contributed by atoms with Crippen molar-refractivity contribution in [2.75, 3.05) is 7.11 Å². The Morgan fingerprint density at radius 3 is 2.42 bits per heavy atom. The fourth-order valence-corrected chi connectivity index (χ4v) is 2.00. The van der Waals surface area contributed by atoms with Crippen molar-refractivity contribution < 1.29 is 9.53 Å². The van der Waals surface area contributed by atoms with Gasteiger partial charge in [0, 0.05) is 0 Å². The lowest BCUT2D eigenvalue weighted by Crippen LogP contribution is -2.05. The van der Waals surface area contributed by atoms with Gasteiger partial charge in [0.25, 0.3) is 0 Å². The van der Waals surface area contributed by atoms with Gasteiger partial charge in [-0.15, -0.1) is 0 Å². The number of halogens is 1. The number of benzene rings is 1. The molecule has 0 fully saturated rings. The highest BCUT2D eigenvalue weighted by molar-refractivity contribution is 6.31. The fourth-order valence-electron chi connectivity index (χ4n) is 1.87. The molecule has 0 aliphatic carbocycles. The van der Waals surface area contributed by atoms with Gasteiger partial charge in [-0.3, -0.25) is 4.68 Å². The summed E-state index contributed by atoms with van der Waals surface area (Å²) < 4.78 is 6.51. The maximum Gasteiger partial charge on any atom is 0.337 e. The van der Waals surface area contributed by atoms with Crippen LogP contribution < -0.4 is 0 Å².